The molecule has 2 aromatic rings. The molecule has 0 radical (unpaired) electrons. The molecular weight excluding hydrogens is 380 g/mol. The van der Waals surface area contributed by atoms with Crippen molar-refractivity contribution in [2.24, 2.45) is 0 Å². The number of halogens is 1. The zero-order chi connectivity index (χ0) is 20.6. The number of carbonyl (C=O) groups is 2. The first-order valence-electron chi connectivity index (χ1n) is 9.00. The minimum atomic E-state index is -0.562. The number of benzene rings is 2. The van der Waals surface area contributed by atoms with Crippen molar-refractivity contribution in [2.45, 2.75) is 39.2 Å². The van der Waals surface area contributed by atoms with Gasteiger partial charge in [-0.25, -0.2) is 4.79 Å². The van der Waals surface area contributed by atoms with E-state index in [1.54, 1.807) is 57.2 Å². The van der Waals surface area contributed by atoms with E-state index < -0.39 is 11.7 Å². The first kappa shape index (κ1) is 21.6. The lowest BCUT2D eigenvalue weighted by Crippen LogP contribution is -2.27. The highest BCUT2D eigenvalue weighted by Gasteiger charge is 2.16. The molecule has 0 spiro atoms. The lowest BCUT2D eigenvalue weighted by Gasteiger charge is -2.19. The van der Waals surface area contributed by atoms with Crippen LogP contribution in [0.1, 0.15) is 33.6 Å². The standard InChI is InChI=1S/C21H25ClN2O4/c1-21(2,3)28-20(26)24-16-12-10-15(11-13-16)23-19(25)9-6-14-27-18-8-5-4-7-17(18)22/h4-5,7-8,10-13H,6,9,14H2,1-3H3,(H,23,25)(H,24,26). The molecule has 2 amide bonds. The van der Waals surface area contributed by atoms with Crippen LogP contribution in [0.4, 0.5) is 16.2 Å². The zero-order valence-corrected chi connectivity index (χ0v) is 17.0. The molecule has 0 unspecified atom stereocenters. The predicted octanol–water partition coefficient (Wildman–Crippen LogP) is 5.48. The molecular formula is C21H25ClN2O4. The fourth-order valence-corrected chi connectivity index (χ4v) is 2.45. The summed E-state index contributed by atoms with van der Waals surface area (Å²) in [5.74, 6) is 0.494. The van der Waals surface area contributed by atoms with Crippen LogP contribution < -0.4 is 15.4 Å². The van der Waals surface area contributed by atoms with Crippen LogP contribution in [0, 0.1) is 0 Å². The average Bonchev–Trinajstić information content (AvgIpc) is 2.60. The molecule has 0 aliphatic rings. The van der Waals surface area contributed by atoms with E-state index in [1.165, 1.54) is 0 Å². The second-order valence-electron chi connectivity index (χ2n) is 7.13. The van der Waals surface area contributed by atoms with E-state index >= 15 is 0 Å². The molecule has 0 bridgehead atoms. The van der Waals surface area contributed by atoms with Gasteiger partial charge in [-0.1, -0.05) is 23.7 Å². The van der Waals surface area contributed by atoms with Crippen LogP contribution >= 0.6 is 11.6 Å². The van der Waals surface area contributed by atoms with Gasteiger partial charge >= 0.3 is 6.09 Å². The van der Waals surface area contributed by atoms with Gasteiger partial charge in [-0.3, -0.25) is 10.1 Å². The van der Waals surface area contributed by atoms with Crippen molar-refractivity contribution in [3.8, 4) is 5.75 Å². The number of para-hydroxylation sites is 1. The quantitative estimate of drug-likeness (QED) is 0.598. The SMILES string of the molecule is CC(C)(C)OC(=O)Nc1ccc(NC(=O)CCCOc2ccccc2Cl)cc1. The Morgan fingerprint density at radius 3 is 2.18 bits per heavy atom. The Kier molecular flexibility index (Phi) is 7.70. The molecule has 28 heavy (non-hydrogen) atoms. The maximum atomic E-state index is 12.0. The molecule has 0 atom stereocenters. The van der Waals surface area contributed by atoms with Crippen molar-refractivity contribution in [2.75, 3.05) is 17.2 Å². The normalized spacial score (nSPS) is 10.9. The minimum absolute atomic E-state index is 0.115. The summed E-state index contributed by atoms with van der Waals surface area (Å²) in [6, 6.07) is 14.0. The molecule has 0 heterocycles. The van der Waals surface area contributed by atoms with Crippen LogP contribution in [-0.4, -0.2) is 24.2 Å². The summed E-state index contributed by atoms with van der Waals surface area (Å²) in [6.45, 7) is 5.79. The van der Waals surface area contributed by atoms with Crippen LogP contribution in [0.2, 0.25) is 5.02 Å². The Morgan fingerprint density at radius 1 is 0.964 bits per heavy atom. The monoisotopic (exact) mass is 404 g/mol. The van der Waals surface area contributed by atoms with E-state index in [0.717, 1.165) is 0 Å². The van der Waals surface area contributed by atoms with Crippen molar-refractivity contribution in [1.29, 1.82) is 0 Å². The lowest BCUT2D eigenvalue weighted by atomic mass is 10.2. The second kappa shape index (κ2) is 9.99. The van der Waals surface area contributed by atoms with Gasteiger partial charge in [0.05, 0.1) is 11.6 Å². The largest absolute Gasteiger partial charge is 0.492 e. The smallest absolute Gasteiger partial charge is 0.412 e. The van der Waals surface area contributed by atoms with Gasteiger partial charge in [0.25, 0.3) is 0 Å². The van der Waals surface area contributed by atoms with Gasteiger partial charge in [0.15, 0.2) is 0 Å². The van der Waals surface area contributed by atoms with Crippen LogP contribution in [0.3, 0.4) is 0 Å². The number of ether oxygens (including phenoxy) is 2. The van der Waals surface area contributed by atoms with Gasteiger partial charge in [-0.2, -0.15) is 0 Å². The summed E-state index contributed by atoms with van der Waals surface area (Å²) in [6.07, 6.45) is 0.361. The Balaban J connectivity index is 1.72. The van der Waals surface area contributed by atoms with E-state index in [-0.39, 0.29) is 5.91 Å². The van der Waals surface area contributed by atoms with Crippen LogP contribution in [0.15, 0.2) is 48.5 Å². The van der Waals surface area contributed by atoms with Gasteiger partial charge in [0.2, 0.25) is 5.91 Å². The molecule has 0 aliphatic heterocycles. The summed E-state index contributed by atoms with van der Waals surface area (Å²) < 4.78 is 10.8. The number of anilines is 2. The van der Waals surface area contributed by atoms with Crippen molar-refractivity contribution in [3.05, 3.63) is 53.6 Å². The van der Waals surface area contributed by atoms with Crippen LogP contribution in [-0.2, 0) is 9.53 Å². The van der Waals surface area contributed by atoms with Gasteiger partial charge < -0.3 is 14.8 Å². The summed E-state index contributed by atoms with van der Waals surface area (Å²) in [5, 5.41) is 5.99. The molecule has 0 saturated heterocycles. The van der Waals surface area contributed by atoms with E-state index in [0.29, 0.717) is 41.6 Å². The fraction of sp³-hybridized carbons (Fsp3) is 0.333. The number of carbonyl (C=O) groups excluding carboxylic acids is 2. The Bertz CT molecular complexity index is 801. The highest BCUT2D eigenvalue weighted by Crippen LogP contribution is 2.23. The van der Waals surface area contributed by atoms with Crippen LogP contribution in [0.25, 0.3) is 0 Å². The molecule has 0 saturated carbocycles. The number of nitrogens with one attached hydrogen (secondary N) is 2. The summed E-state index contributed by atoms with van der Waals surface area (Å²) in [4.78, 5) is 23.8. The molecule has 0 aliphatic carbocycles. The molecule has 0 aromatic heterocycles. The predicted molar refractivity (Wildman–Crippen MR) is 111 cm³/mol. The van der Waals surface area contributed by atoms with E-state index in [2.05, 4.69) is 10.6 Å². The third-order valence-corrected chi connectivity index (χ3v) is 3.77. The van der Waals surface area contributed by atoms with E-state index in [9.17, 15) is 9.59 Å². The minimum Gasteiger partial charge on any atom is -0.492 e. The van der Waals surface area contributed by atoms with Crippen molar-refractivity contribution >= 4 is 35.0 Å². The molecule has 150 valence electrons. The first-order valence-corrected chi connectivity index (χ1v) is 9.38. The van der Waals surface area contributed by atoms with Crippen molar-refractivity contribution in [1.82, 2.24) is 0 Å². The van der Waals surface area contributed by atoms with E-state index in [1.807, 2.05) is 12.1 Å². The molecule has 7 heteroatoms. The molecule has 2 rings (SSSR count). The topological polar surface area (TPSA) is 76.7 Å². The van der Waals surface area contributed by atoms with Gasteiger partial charge in [0.1, 0.15) is 11.4 Å². The highest BCUT2D eigenvalue weighted by molar-refractivity contribution is 6.32. The van der Waals surface area contributed by atoms with Gasteiger partial charge in [-0.15, -0.1) is 0 Å². The fourth-order valence-electron chi connectivity index (χ4n) is 2.26. The second-order valence-corrected chi connectivity index (χ2v) is 7.54. The summed E-state index contributed by atoms with van der Waals surface area (Å²) in [7, 11) is 0. The Morgan fingerprint density at radius 2 is 1.57 bits per heavy atom. The molecule has 2 N–H and O–H groups in total. The Labute approximate surface area is 170 Å². The molecule has 6 nitrogen and oxygen atoms in total. The summed E-state index contributed by atoms with van der Waals surface area (Å²) >= 11 is 6.01. The maximum absolute atomic E-state index is 12.0. The number of amides is 2. The zero-order valence-electron chi connectivity index (χ0n) is 16.3. The van der Waals surface area contributed by atoms with Gasteiger partial charge in [0, 0.05) is 17.8 Å². The van der Waals surface area contributed by atoms with Gasteiger partial charge in [-0.05, 0) is 63.6 Å². The number of rotatable bonds is 7. The third kappa shape index (κ3) is 7.88. The first-order chi connectivity index (χ1) is 13.2. The number of hydrogen-bond acceptors (Lipinski definition) is 4. The third-order valence-electron chi connectivity index (χ3n) is 3.46. The van der Waals surface area contributed by atoms with E-state index in [4.69, 9.17) is 21.1 Å². The molecule has 2 aromatic carbocycles. The van der Waals surface area contributed by atoms with Crippen molar-refractivity contribution < 1.29 is 19.1 Å². The molecule has 0 fully saturated rings. The Hall–Kier alpha value is -2.73. The maximum Gasteiger partial charge on any atom is 0.412 e. The lowest BCUT2D eigenvalue weighted by molar-refractivity contribution is -0.116. The van der Waals surface area contributed by atoms with Crippen molar-refractivity contribution in [3.63, 3.8) is 0 Å². The average molecular weight is 405 g/mol. The number of hydrogen-bond donors (Lipinski definition) is 2. The van der Waals surface area contributed by atoms with Crippen LogP contribution in [0.5, 0.6) is 5.75 Å². The highest BCUT2D eigenvalue weighted by atomic mass is 35.5. The summed E-state index contributed by atoms with van der Waals surface area (Å²) in [5.41, 5.74) is 0.667.